The van der Waals surface area contributed by atoms with Crippen LogP contribution in [0.2, 0.25) is 0 Å². The van der Waals surface area contributed by atoms with Crippen molar-refractivity contribution in [2.75, 3.05) is 26.2 Å². The van der Waals surface area contributed by atoms with Crippen molar-refractivity contribution in [1.82, 2.24) is 4.90 Å². The molecule has 0 spiro atoms. The third-order valence-corrected chi connectivity index (χ3v) is 2.45. The fourth-order valence-electron chi connectivity index (χ4n) is 1.69. The van der Waals surface area contributed by atoms with E-state index in [-0.39, 0.29) is 6.54 Å². The highest BCUT2D eigenvalue weighted by atomic mass is 19.3. The monoisotopic (exact) mass is 192 g/mol. The first-order valence-electron chi connectivity index (χ1n) is 4.94. The lowest BCUT2D eigenvalue weighted by atomic mass is 10.2. The summed E-state index contributed by atoms with van der Waals surface area (Å²) in [6.07, 6.45) is 4.43. The molecule has 1 aliphatic rings. The third kappa shape index (κ3) is 4.00. The van der Waals surface area contributed by atoms with Gasteiger partial charge in [-0.3, -0.25) is 4.90 Å². The summed E-state index contributed by atoms with van der Waals surface area (Å²) in [6, 6.07) is 0. The number of likely N-dealkylation sites (tertiary alicyclic amines) is 1. The minimum absolute atomic E-state index is 0.163. The number of hydrogen-bond acceptors (Lipinski definition) is 2. The number of nitrogens with zero attached hydrogens (tertiary/aromatic N) is 1. The van der Waals surface area contributed by atoms with E-state index in [1.165, 1.54) is 12.8 Å². The molecule has 2 nitrogen and oxygen atoms in total. The number of rotatable bonds is 3. The van der Waals surface area contributed by atoms with Crippen LogP contribution in [0.3, 0.4) is 0 Å². The summed E-state index contributed by atoms with van der Waals surface area (Å²) >= 11 is 0. The first-order chi connectivity index (χ1) is 6.14. The van der Waals surface area contributed by atoms with Gasteiger partial charge < -0.3 is 5.73 Å². The number of nitrogens with two attached hydrogens (primary N) is 1. The van der Waals surface area contributed by atoms with Crippen molar-refractivity contribution in [3.05, 3.63) is 0 Å². The SMILES string of the molecule is NCC(F)(F)CN1CCCCCC1. The molecule has 2 N–H and O–H groups in total. The Bertz CT molecular complexity index is 143. The summed E-state index contributed by atoms with van der Waals surface area (Å²) in [4.78, 5) is 1.83. The van der Waals surface area contributed by atoms with Gasteiger partial charge in [-0.1, -0.05) is 12.8 Å². The molecule has 0 radical (unpaired) electrons. The van der Waals surface area contributed by atoms with E-state index < -0.39 is 12.5 Å². The highest BCUT2D eigenvalue weighted by Crippen LogP contribution is 2.16. The van der Waals surface area contributed by atoms with E-state index in [0.29, 0.717) is 0 Å². The van der Waals surface area contributed by atoms with Crippen molar-refractivity contribution in [3.63, 3.8) is 0 Å². The maximum atomic E-state index is 12.9. The van der Waals surface area contributed by atoms with Crippen LogP contribution in [0.15, 0.2) is 0 Å². The molecule has 0 unspecified atom stereocenters. The Balaban J connectivity index is 2.33. The zero-order valence-electron chi connectivity index (χ0n) is 7.94. The topological polar surface area (TPSA) is 29.3 Å². The lowest BCUT2D eigenvalue weighted by Gasteiger charge is -2.24. The Morgan fingerprint density at radius 1 is 1.08 bits per heavy atom. The minimum Gasteiger partial charge on any atom is -0.325 e. The Morgan fingerprint density at radius 2 is 1.62 bits per heavy atom. The first kappa shape index (κ1) is 10.9. The van der Waals surface area contributed by atoms with Crippen LogP contribution in [0.25, 0.3) is 0 Å². The van der Waals surface area contributed by atoms with Crippen LogP contribution >= 0.6 is 0 Å². The molecular weight excluding hydrogens is 174 g/mol. The highest BCUT2D eigenvalue weighted by Gasteiger charge is 2.29. The maximum Gasteiger partial charge on any atom is 0.272 e. The largest absolute Gasteiger partial charge is 0.325 e. The maximum absolute atomic E-state index is 12.9. The van der Waals surface area contributed by atoms with Crippen molar-refractivity contribution >= 4 is 0 Å². The van der Waals surface area contributed by atoms with Gasteiger partial charge >= 0.3 is 0 Å². The summed E-state index contributed by atoms with van der Waals surface area (Å²) in [7, 11) is 0. The zero-order valence-corrected chi connectivity index (χ0v) is 7.94. The lowest BCUT2D eigenvalue weighted by molar-refractivity contribution is -0.0226. The Hall–Kier alpha value is -0.220. The fraction of sp³-hybridized carbons (Fsp3) is 1.00. The van der Waals surface area contributed by atoms with E-state index >= 15 is 0 Å². The molecule has 0 aromatic carbocycles. The third-order valence-electron chi connectivity index (χ3n) is 2.45. The molecule has 1 rings (SSSR count). The average molecular weight is 192 g/mol. The van der Waals surface area contributed by atoms with Crippen molar-refractivity contribution < 1.29 is 8.78 Å². The van der Waals surface area contributed by atoms with Crippen LogP contribution < -0.4 is 5.73 Å². The van der Waals surface area contributed by atoms with Crippen molar-refractivity contribution in [2.24, 2.45) is 5.73 Å². The molecule has 0 aliphatic carbocycles. The highest BCUT2D eigenvalue weighted by molar-refractivity contribution is 4.74. The van der Waals surface area contributed by atoms with Gasteiger partial charge in [0.05, 0.1) is 13.1 Å². The Labute approximate surface area is 78.1 Å². The van der Waals surface area contributed by atoms with E-state index in [4.69, 9.17) is 5.73 Å². The van der Waals surface area contributed by atoms with Crippen molar-refractivity contribution in [1.29, 1.82) is 0 Å². The van der Waals surface area contributed by atoms with E-state index in [1.807, 2.05) is 4.90 Å². The second-order valence-electron chi connectivity index (χ2n) is 3.75. The quantitative estimate of drug-likeness (QED) is 0.733. The van der Waals surface area contributed by atoms with E-state index in [0.717, 1.165) is 25.9 Å². The van der Waals surface area contributed by atoms with Crippen molar-refractivity contribution in [3.8, 4) is 0 Å². The molecule has 0 amide bonds. The Morgan fingerprint density at radius 3 is 2.08 bits per heavy atom. The summed E-state index contributed by atoms with van der Waals surface area (Å²) in [5.74, 6) is -2.70. The van der Waals surface area contributed by atoms with Crippen LogP contribution in [-0.2, 0) is 0 Å². The van der Waals surface area contributed by atoms with Crippen LogP contribution in [0.5, 0.6) is 0 Å². The minimum atomic E-state index is -2.70. The predicted molar refractivity (Wildman–Crippen MR) is 48.9 cm³/mol. The second-order valence-corrected chi connectivity index (χ2v) is 3.75. The van der Waals surface area contributed by atoms with Gasteiger partial charge in [0.1, 0.15) is 0 Å². The molecule has 0 atom stereocenters. The van der Waals surface area contributed by atoms with E-state index in [9.17, 15) is 8.78 Å². The summed E-state index contributed by atoms with van der Waals surface area (Å²) in [5.41, 5.74) is 4.99. The van der Waals surface area contributed by atoms with Crippen LogP contribution in [0.4, 0.5) is 8.78 Å². The van der Waals surface area contributed by atoms with E-state index in [1.54, 1.807) is 0 Å². The number of alkyl halides is 2. The molecule has 4 heteroatoms. The van der Waals surface area contributed by atoms with Gasteiger partial charge in [-0.05, 0) is 25.9 Å². The van der Waals surface area contributed by atoms with Gasteiger partial charge in [-0.25, -0.2) is 8.78 Å². The molecule has 1 aliphatic heterocycles. The van der Waals surface area contributed by atoms with Crippen LogP contribution in [-0.4, -0.2) is 37.0 Å². The Kier molecular flexibility index (Phi) is 4.06. The van der Waals surface area contributed by atoms with Gasteiger partial charge in [0.15, 0.2) is 0 Å². The zero-order chi connectivity index (χ0) is 9.73. The predicted octanol–water partition coefficient (Wildman–Crippen LogP) is 1.46. The standard InChI is InChI=1S/C9H18F2N2/c10-9(11,7-12)8-13-5-3-1-2-4-6-13/h1-8,12H2. The summed E-state index contributed by atoms with van der Waals surface area (Å²) < 4.78 is 25.8. The van der Waals surface area contributed by atoms with Gasteiger partial charge in [0, 0.05) is 0 Å². The van der Waals surface area contributed by atoms with Crippen molar-refractivity contribution in [2.45, 2.75) is 31.6 Å². The first-order valence-corrected chi connectivity index (χ1v) is 4.94. The summed E-state index contributed by atoms with van der Waals surface area (Å²) in [6.45, 7) is 0.901. The number of hydrogen-bond donors (Lipinski definition) is 1. The molecule has 1 fully saturated rings. The molecule has 0 aromatic heterocycles. The molecule has 78 valence electrons. The molecule has 0 bridgehead atoms. The molecule has 1 saturated heterocycles. The van der Waals surface area contributed by atoms with Gasteiger partial charge in [-0.15, -0.1) is 0 Å². The molecule has 1 heterocycles. The average Bonchev–Trinajstić information content (AvgIpc) is 2.32. The molecule has 0 saturated carbocycles. The van der Waals surface area contributed by atoms with Gasteiger partial charge in [-0.2, -0.15) is 0 Å². The van der Waals surface area contributed by atoms with E-state index in [2.05, 4.69) is 0 Å². The lowest BCUT2D eigenvalue weighted by Crippen LogP contribution is -2.42. The smallest absolute Gasteiger partial charge is 0.272 e. The van der Waals surface area contributed by atoms with Gasteiger partial charge in [0.25, 0.3) is 5.92 Å². The normalized spacial score (nSPS) is 21.5. The second kappa shape index (κ2) is 4.86. The summed E-state index contributed by atoms with van der Waals surface area (Å²) in [5, 5.41) is 0. The number of halogens is 2. The molecule has 13 heavy (non-hydrogen) atoms. The van der Waals surface area contributed by atoms with Gasteiger partial charge in [0.2, 0.25) is 0 Å². The molecular formula is C9H18F2N2. The van der Waals surface area contributed by atoms with Crippen LogP contribution in [0, 0.1) is 0 Å². The molecule has 0 aromatic rings. The fourth-order valence-corrected chi connectivity index (χ4v) is 1.69. The van der Waals surface area contributed by atoms with Crippen LogP contribution in [0.1, 0.15) is 25.7 Å².